The highest BCUT2D eigenvalue weighted by atomic mass is 79.9. The zero-order chi connectivity index (χ0) is 16.3. The van der Waals surface area contributed by atoms with Gasteiger partial charge in [0, 0.05) is 12.8 Å². The predicted octanol–water partition coefficient (Wildman–Crippen LogP) is 2.92. The van der Waals surface area contributed by atoms with Crippen LogP contribution in [0.4, 0.5) is 0 Å². The van der Waals surface area contributed by atoms with Crippen LogP contribution in [-0.4, -0.2) is 35.7 Å². The van der Waals surface area contributed by atoms with Crippen LogP contribution in [0.5, 0.6) is 0 Å². The van der Waals surface area contributed by atoms with E-state index in [1.54, 1.807) is 20.0 Å². The molecule has 0 bridgehead atoms. The van der Waals surface area contributed by atoms with Gasteiger partial charge in [-0.1, -0.05) is 13.8 Å². The molecule has 0 amide bonds. The maximum Gasteiger partial charge on any atom is 0.154 e. The van der Waals surface area contributed by atoms with Gasteiger partial charge in [0.1, 0.15) is 0 Å². The van der Waals surface area contributed by atoms with Gasteiger partial charge in [0.25, 0.3) is 0 Å². The quantitative estimate of drug-likeness (QED) is 0.753. The summed E-state index contributed by atoms with van der Waals surface area (Å²) in [5.74, 6) is 0. The Balaban J connectivity index is 3.35. The van der Waals surface area contributed by atoms with E-state index in [0.717, 1.165) is 36.1 Å². The lowest BCUT2D eigenvalue weighted by atomic mass is 9.99. The van der Waals surface area contributed by atoms with Crippen molar-refractivity contribution in [1.29, 1.82) is 0 Å². The van der Waals surface area contributed by atoms with E-state index in [-0.39, 0.29) is 6.04 Å². The molecule has 122 valence electrons. The van der Waals surface area contributed by atoms with Gasteiger partial charge >= 0.3 is 0 Å². The van der Waals surface area contributed by atoms with Crippen LogP contribution in [0, 0.1) is 0 Å². The second-order valence-corrected chi connectivity index (χ2v) is 9.31. The summed E-state index contributed by atoms with van der Waals surface area (Å²) < 4.78 is 26.3. The van der Waals surface area contributed by atoms with E-state index in [1.165, 1.54) is 6.26 Å². The van der Waals surface area contributed by atoms with Crippen LogP contribution in [0.1, 0.15) is 52.3 Å². The van der Waals surface area contributed by atoms with E-state index in [4.69, 9.17) is 0 Å². The Morgan fingerprint density at radius 3 is 2.48 bits per heavy atom. The maximum absolute atomic E-state index is 12.2. The van der Waals surface area contributed by atoms with Gasteiger partial charge < -0.3 is 5.32 Å². The molecule has 1 heterocycles. The lowest BCUT2D eigenvalue weighted by Crippen LogP contribution is -2.46. The average molecular weight is 380 g/mol. The molecule has 1 unspecified atom stereocenters. The molecule has 0 saturated carbocycles. The third-order valence-electron chi connectivity index (χ3n) is 3.79. The average Bonchev–Trinajstić information content (AvgIpc) is 2.71. The molecule has 1 rings (SSSR count). The first kappa shape index (κ1) is 18.6. The minimum absolute atomic E-state index is 0.309. The smallest absolute Gasteiger partial charge is 0.154 e. The van der Waals surface area contributed by atoms with Crippen molar-refractivity contribution in [2.75, 3.05) is 12.8 Å². The summed E-state index contributed by atoms with van der Waals surface area (Å²) in [6.45, 7) is 9.21. The Bertz CT molecular complexity index is 567. The van der Waals surface area contributed by atoms with Crippen LogP contribution in [0.3, 0.4) is 0 Å². The first-order valence-corrected chi connectivity index (χ1v) is 9.99. The number of aromatic nitrogens is 2. The minimum atomic E-state index is -3.23. The van der Waals surface area contributed by atoms with E-state index in [0.29, 0.717) is 0 Å². The van der Waals surface area contributed by atoms with Gasteiger partial charge in [0.15, 0.2) is 9.84 Å². The van der Waals surface area contributed by atoms with Crippen LogP contribution in [0.25, 0.3) is 0 Å². The van der Waals surface area contributed by atoms with Gasteiger partial charge in [0.05, 0.1) is 27.2 Å². The summed E-state index contributed by atoms with van der Waals surface area (Å²) in [6.07, 6.45) is 4.92. The van der Waals surface area contributed by atoms with Crippen molar-refractivity contribution < 1.29 is 8.42 Å². The maximum atomic E-state index is 12.2. The summed E-state index contributed by atoms with van der Waals surface area (Å²) in [5.41, 5.74) is 0.903. The number of hydrogen-bond acceptors (Lipinski definition) is 4. The van der Waals surface area contributed by atoms with Crippen LogP contribution >= 0.6 is 15.9 Å². The van der Waals surface area contributed by atoms with E-state index >= 15 is 0 Å². The molecule has 0 aliphatic carbocycles. The second kappa shape index (κ2) is 7.24. The largest absolute Gasteiger partial charge is 0.307 e. The number of nitrogens with zero attached hydrogens (tertiary/aromatic N) is 2. The lowest BCUT2D eigenvalue weighted by molar-refractivity contribution is 0.389. The SMILES string of the molecule is CCCNC(c1c(Br)cnn1CCC)C(C)(C)S(C)(=O)=O. The van der Waals surface area contributed by atoms with E-state index in [1.807, 2.05) is 4.68 Å². The fourth-order valence-corrected chi connectivity index (χ4v) is 3.37. The number of rotatable bonds is 8. The van der Waals surface area contributed by atoms with Crippen molar-refractivity contribution in [2.24, 2.45) is 0 Å². The highest BCUT2D eigenvalue weighted by molar-refractivity contribution is 9.10. The highest BCUT2D eigenvalue weighted by Gasteiger charge is 2.42. The summed E-state index contributed by atoms with van der Waals surface area (Å²) >= 11 is 3.52. The van der Waals surface area contributed by atoms with Crippen LogP contribution in [0.15, 0.2) is 10.7 Å². The van der Waals surface area contributed by atoms with Crippen LogP contribution in [-0.2, 0) is 16.4 Å². The zero-order valence-electron chi connectivity index (χ0n) is 13.5. The van der Waals surface area contributed by atoms with E-state index in [9.17, 15) is 8.42 Å². The third kappa shape index (κ3) is 4.07. The molecule has 7 heteroatoms. The fourth-order valence-electron chi connectivity index (χ4n) is 2.22. The molecule has 0 spiro atoms. The van der Waals surface area contributed by atoms with Crippen molar-refractivity contribution in [1.82, 2.24) is 15.1 Å². The van der Waals surface area contributed by atoms with E-state index < -0.39 is 14.6 Å². The van der Waals surface area contributed by atoms with Crippen LogP contribution < -0.4 is 5.32 Å². The van der Waals surface area contributed by atoms with Gasteiger partial charge in [-0.25, -0.2) is 8.42 Å². The molecule has 0 aliphatic heterocycles. The van der Waals surface area contributed by atoms with Gasteiger partial charge in [-0.3, -0.25) is 4.68 Å². The first-order valence-electron chi connectivity index (χ1n) is 7.31. The van der Waals surface area contributed by atoms with Gasteiger partial charge in [-0.05, 0) is 49.2 Å². The number of hydrogen-bond donors (Lipinski definition) is 1. The van der Waals surface area contributed by atoms with Crippen LogP contribution in [0.2, 0.25) is 0 Å². The monoisotopic (exact) mass is 379 g/mol. The van der Waals surface area contributed by atoms with Crippen molar-refractivity contribution >= 4 is 25.8 Å². The molecule has 0 aromatic carbocycles. The molecule has 0 radical (unpaired) electrons. The van der Waals surface area contributed by atoms with Gasteiger partial charge in [-0.15, -0.1) is 0 Å². The van der Waals surface area contributed by atoms with Gasteiger partial charge in [0.2, 0.25) is 0 Å². The van der Waals surface area contributed by atoms with Crippen molar-refractivity contribution in [3.63, 3.8) is 0 Å². The topological polar surface area (TPSA) is 64.0 Å². The predicted molar refractivity (Wildman–Crippen MR) is 90.2 cm³/mol. The van der Waals surface area contributed by atoms with Crippen molar-refractivity contribution in [3.8, 4) is 0 Å². The van der Waals surface area contributed by atoms with Crippen molar-refractivity contribution in [3.05, 3.63) is 16.4 Å². The molecule has 5 nitrogen and oxygen atoms in total. The molecule has 1 N–H and O–H groups in total. The summed E-state index contributed by atoms with van der Waals surface area (Å²) in [4.78, 5) is 0. The molecule has 1 atom stereocenters. The molecule has 21 heavy (non-hydrogen) atoms. The minimum Gasteiger partial charge on any atom is -0.307 e. The molecular formula is C14H26BrN3O2S. The molecule has 1 aromatic heterocycles. The molecule has 0 fully saturated rings. The Labute approximate surface area is 136 Å². The standard InChI is InChI=1S/C14H26BrN3O2S/c1-6-8-16-13(14(3,4)21(5,19)20)12-11(15)10-17-18(12)9-7-2/h10,13,16H,6-9H2,1-5H3. The normalized spacial score (nSPS) is 14.4. The zero-order valence-corrected chi connectivity index (χ0v) is 15.9. The first-order chi connectivity index (χ1) is 9.66. The Kier molecular flexibility index (Phi) is 6.43. The lowest BCUT2D eigenvalue weighted by Gasteiger charge is -2.34. The number of nitrogens with one attached hydrogen (secondary N) is 1. The molecule has 0 saturated heterocycles. The van der Waals surface area contributed by atoms with Crippen molar-refractivity contribution in [2.45, 2.75) is 57.9 Å². The number of halogens is 1. The Morgan fingerprint density at radius 1 is 1.38 bits per heavy atom. The molecule has 1 aromatic rings. The highest BCUT2D eigenvalue weighted by Crippen LogP contribution is 2.36. The number of aryl methyl sites for hydroxylation is 1. The summed E-state index contributed by atoms with van der Waals surface area (Å²) in [6, 6.07) is -0.309. The Morgan fingerprint density at radius 2 is 2.00 bits per heavy atom. The molecule has 0 aliphatic rings. The summed E-state index contributed by atoms with van der Waals surface area (Å²) in [5, 5.41) is 7.75. The van der Waals surface area contributed by atoms with Gasteiger partial charge in [-0.2, -0.15) is 5.10 Å². The third-order valence-corrected chi connectivity index (χ3v) is 6.55. The second-order valence-electron chi connectivity index (χ2n) is 5.86. The Hall–Kier alpha value is -0.400. The number of sulfone groups is 1. The fraction of sp³-hybridized carbons (Fsp3) is 0.786. The van der Waals surface area contributed by atoms with E-state index in [2.05, 4.69) is 40.2 Å². The molecular weight excluding hydrogens is 354 g/mol. The summed E-state index contributed by atoms with van der Waals surface area (Å²) in [7, 11) is -3.23.